The van der Waals surface area contributed by atoms with Gasteiger partial charge in [-0.3, -0.25) is 0 Å². The Morgan fingerprint density at radius 1 is 1.43 bits per heavy atom. The Labute approximate surface area is 85.1 Å². The van der Waals surface area contributed by atoms with Crippen molar-refractivity contribution in [3.8, 4) is 5.75 Å². The molecule has 2 rings (SSSR count). The van der Waals surface area contributed by atoms with Crippen molar-refractivity contribution in [1.29, 1.82) is 0 Å². The van der Waals surface area contributed by atoms with E-state index in [2.05, 4.69) is 18.2 Å². The smallest absolute Gasteiger partial charge is 0.122 e. The first-order valence-electron chi connectivity index (χ1n) is 5.22. The van der Waals surface area contributed by atoms with Gasteiger partial charge >= 0.3 is 0 Å². The van der Waals surface area contributed by atoms with Gasteiger partial charge in [0.25, 0.3) is 0 Å². The second-order valence-electron chi connectivity index (χ2n) is 3.88. The second-order valence-corrected chi connectivity index (χ2v) is 3.88. The Balaban J connectivity index is 2.24. The summed E-state index contributed by atoms with van der Waals surface area (Å²) in [5, 5.41) is 0. The van der Waals surface area contributed by atoms with Crippen molar-refractivity contribution in [2.45, 2.75) is 25.2 Å². The average Bonchev–Trinajstić information content (AvgIpc) is 3.02. The topological polar surface area (TPSA) is 35.2 Å². The molecule has 2 N–H and O–H groups in total. The van der Waals surface area contributed by atoms with E-state index < -0.39 is 0 Å². The Morgan fingerprint density at radius 3 is 2.79 bits per heavy atom. The van der Waals surface area contributed by atoms with Crippen molar-refractivity contribution in [2.75, 3.05) is 13.7 Å². The highest BCUT2D eigenvalue weighted by Gasteiger charge is 2.24. The molecule has 1 aromatic carbocycles. The Hall–Kier alpha value is -1.02. The lowest BCUT2D eigenvalue weighted by atomic mass is 10.0. The molecule has 1 aromatic rings. The van der Waals surface area contributed by atoms with Crippen LogP contribution in [0.3, 0.4) is 0 Å². The largest absolute Gasteiger partial charge is 0.496 e. The number of ether oxygens (including phenoxy) is 1. The molecule has 1 aliphatic rings. The predicted molar refractivity (Wildman–Crippen MR) is 57.7 cm³/mol. The molecule has 0 heterocycles. The van der Waals surface area contributed by atoms with E-state index in [1.54, 1.807) is 7.11 Å². The molecule has 0 radical (unpaired) electrons. The molecule has 0 atom stereocenters. The summed E-state index contributed by atoms with van der Waals surface area (Å²) in [5.74, 6) is 1.79. The van der Waals surface area contributed by atoms with Gasteiger partial charge in [-0.1, -0.05) is 12.1 Å². The zero-order valence-corrected chi connectivity index (χ0v) is 8.62. The summed E-state index contributed by atoms with van der Waals surface area (Å²) < 4.78 is 5.36. The van der Waals surface area contributed by atoms with Crippen molar-refractivity contribution in [2.24, 2.45) is 5.73 Å². The standard InChI is InChI=1S/C12H17NO/c1-14-12-8-11(9-2-3-9)5-4-10(12)6-7-13/h4-5,8-9H,2-3,6-7,13H2,1H3. The van der Waals surface area contributed by atoms with E-state index in [9.17, 15) is 0 Å². The molecule has 1 aliphatic carbocycles. The van der Waals surface area contributed by atoms with Crippen LogP contribution in [0.25, 0.3) is 0 Å². The normalized spacial score (nSPS) is 15.6. The molecular formula is C12H17NO. The summed E-state index contributed by atoms with van der Waals surface area (Å²) in [5.41, 5.74) is 8.18. The molecule has 0 amide bonds. The number of methoxy groups -OCH3 is 1. The number of nitrogens with two attached hydrogens (primary N) is 1. The van der Waals surface area contributed by atoms with Gasteiger partial charge in [-0.25, -0.2) is 0 Å². The molecule has 76 valence electrons. The third-order valence-corrected chi connectivity index (χ3v) is 2.77. The van der Waals surface area contributed by atoms with E-state index in [0.29, 0.717) is 6.54 Å². The van der Waals surface area contributed by atoms with E-state index in [0.717, 1.165) is 18.1 Å². The summed E-state index contributed by atoms with van der Waals surface area (Å²) in [4.78, 5) is 0. The first kappa shape index (κ1) is 9.53. The van der Waals surface area contributed by atoms with Crippen LogP contribution in [0.4, 0.5) is 0 Å². The molecule has 0 aliphatic heterocycles. The van der Waals surface area contributed by atoms with E-state index in [-0.39, 0.29) is 0 Å². The lowest BCUT2D eigenvalue weighted by molar-refractivity contribution is 0.409. The minimum Gasteiger partial charge on any atom is -0.496 e. The quantitative estimate of drug-likeness (QED) is 0.790. The third-order valence-electron chi connectivity index (χ3n) is 2.77. The van der Waals surface area contributed by atoms with E-state index in [4.69, 9.17) is 10.5 Å². The van der Waals surface area contributed by atoms with Crippen molar-refractivity contribution >= 4 is 0 Å². The Kier molecular flexibility index (Phi) is 2.73. The fraction of sp³-hybridized carbons (Fsp3) is 0.500. The van der Waals surface area contributed by atoms with Crippen LogP contribution in [0.1, 0.15) is 29.9 Å². The molecular weight excluding hydrogens is 174 g/mol. The molecule has 0 aromatic heterocycles. The summed E-state index contributed by atoms with van der Waals surface area (Å²) >= 11 is 0. The fourth-order valence-corrected chi connectivity index (χ4v) is 1.79. The lowest BCUT2D eigenvalue weighted by Gasteiger charge is -2.09. The van der Waals surface area contributed by atoms with Crippen LogP contribution in [0.5, 0.6) is 5.75 Å². The van der Waals surface area contributed by atoms with E-state index >= 15 is 0 Å². The van der Waals surface area contributed by atoms with Crippen molar-refractivity contribution < 1.29 is 4.74 Å². The molecule has 0 saturated heterocycles. The summed E-state index contributed by atoms with van der Waals surface area (Å²) in [6.45, 7) is 0.680. The lowest BCUT2D eigenvalue weighted by Crippen LogP contribution is -2.04. The maximum absolute atomic E-state index is 5.54. The van der Waals surface area contributed by atoms with Crippen LogP contribution in [-0.2, 0) is 6.42 Å². The maximum atomic E-state index is 5.54. The monoisotopic (exact) mass is 191 g/mol. The molecule has 0 unspecified atom stereocenters. The Bertz CT molecular complexity index is 318. The number of hydrogen-bond acceptors (Lipinski definition) is 2. The summed E-state index contributed by atoms with van der Waals surface area (Å²) in [7, 11) is 1.73. The molecule has 1 saturated carbocycles. The summed E-state index contributed by atoms with van der Waals surface area (Å²) in [6, 6.07) is 6.53. The van der Waals surface area contributed by atoms with Gasteiger partial charge < -0.3 is 10.5 Å². The van der Waals surface area contributed by atoms with Crippen molar-refractivity contribution in [3.05, 3.63) is 29.3 Å². The molecule has 2 nitrogen and oxygen atoms in total. The maximum Gasteiger partial charge on any atom is 0.122 e. The third kappa shape index (κ3) is 1.90. The molecule has 2 heteroatoms. The minimum atomic E-state index is 0.680. The van der Waals surface area contributed by atoms with Gasteiger partial charge in [0.2, 0.25) is 0 Å². The van der Waals surface area contributed by atoms with Gasteiger partial charge in [-0.2, -0.15) is 0 Å². The number of benzene rings is 1. The van der Waals surface area contributed by atoms with Crippen molar-refractivity contribution in [1.82, 2.24) is 0 Å². The molecule has 0 bridgehead atoms. The SMILES string of the molecule is COc1cc(C2CC2)ccc1CCN. The highest BCUT2D eigenvalue weighted by molar-refractivity contribution is 5.40. The van der Waals surface area contributed by atoms with E-state index in [1.807, 2.05) is 0 Å². The van der Waals surface area contributed by atoms with Crippen LogP contribution < -0.4 is 10.5 Å². The highest BCUT2D eigenvalue weighted by Crippen LogP contribution is 2.41. The number of rotatable bonds is 4. The van der Waals surface area contributed by atoms with Crippen LogP contribution in [-0.4, -0.2) is 13.7 Å². The van der Waals surface area contributed by atoms with Crippen molar-refractivity contribution in [3.63, 3.8) is 0 Å². The van der Waals surface area contributed by atoms with Crippen LogP contribution in [0.15, 0.2) is 18.2 Å². The highest BCUT2D eigenvalue weighted by atomic mass is 16.5. The van der Waals surface area contributed by atoms with E-state index in [1.165, 1.54) is 24.0 Å². The fourth-order valence-electron chi connectivity index (χ4n) is 1.79. The summed E-state index contributed by atoms with van der Waals surface area (Å²) in [6.07, 6.45) is 3.56. The number of hydrogen-bond donors (Lipinski definition) is 1. The first-order chi connectivity index (χ1) is 6.85. The average molecular weight is 191 g/mol. The van der Waals surface area contributed by atoms with Crippen LogP contribution in [0, 0.1) is 0 Å². The van der Waals surface area contributed by atoms with Crippen LogP contribution in [0.2, 0.25) is 0 Å². The van der Waals surface area contributed by atoms with Gasteiger partial charge in [-0.05, 0) is 48.9 Å². The first-order valence-corrected chi connectivity index (χ1v) is 5.22. The van der Waals surface area contributed by atoms with Gasteiger partial charge in [0.1, 0.15) is 5.75 Å². The predicted octanol–water partition coefficient (Wildman–Crippen LogP) is 2.07. The Morgan fingerprint density at radius 2 is 2.21 bits per heavy atom. The molecule has 1 fully saturated rings. The molecule has 0 spiro atoms. The van der Waals surface area contributed by atoms with Gasteiger partial charge in [-0.15, -0.1) is 0 Å². The van der Waals surface area contributed by atoms with Gasteiger partial charge in [0, 0.05) is 0 Å². The second kappa shape index (κ2) is 4.01. The molecule has 14 heavy (non-hydrogen) atoms. The van der Waals surface area contributed by atoms with Gasteiger partial charge in [0.05, 0.1) is 7.11 Å². The zero-order valence-electron chi connectivity index (χ0n) is 8.62. The zero-order chi connectivity index (χ0) is 9.97. The van der Waals surface area contributed by atoms with Crippen LogP contribution >= 0.6 is 0 Å². The van der Waals surface area contributed by atoms with Gasteiger partial charge in [0.15, 0.2) is 0 Å². The minimum absolute atomic E-state index is 0.680.